The van der Waals surface area contributed by atoms with E-state index in [1.807, 2.05) is 29.2 Å². The number of aromatic nitrogens is 1. The lowest BCUT2D eigenvalue weighted by atomic mass is 9.84. The molecule has 0 saturated carbocycles. The first-order valence-corrected chi connectivity index (χ1v) is 14.4. The van der Waals surface area contributed by atoms with Crippen molar-refractivity contribution in [2.45, 2.75) is 31.2 Å². The molecule has 3 aromatic rings. The minimum atomic E-state index is -1.50. The number of hydrogen-bond acceptors (Lipinski definition) is 7. The molecule has 1 aromatic heterocycles. The molecule has 5 rings (SSSR count). The first-order chi connectivity index (χ1) is 20.8. The topological polar surface area (TPSA) is 113 Å². The molecule has 2 N–H and O–H groups in total. The molecule has 2 aliphatic heterocycles. The number of methoxy groups -OCH3 is 1. The van der Waals surface area contributed by atoms with Crippen LogP contribution in [-0.4, -0.2) is 71.0 Å². The van der Waals surface area contributed by atoms with E-state index in [1.54, 1.807) is 17.0 Å². The Labute approximate surface area is 254 Å². The summed E-state index contributed by atoms with van der Waals surface area (Å²) in [6, 6.07) is 16.3. The number of amides is 3. The molecule has 12 heteroatoms. The Kier molecular flexibility index (Phi) is 9.15. The standard InChI is InChI=1S/C31H32FN5O5S/c1-41-25-12-13-26(33-20-25)34-27(38)19-31(22-6-8-23(32)9-7-22)29(40)35-30(43)37(31)16-14-21-4-10-24(11-5-21)42-18-17-36-15-2-3-28(36)39/h4-13,20H,2-3,14-19H2,1H3,(H,33,34,38)(H,35,40,43). The van der Waals surface area contributed by atoms with Gasteiger partial charge in [-0.3, -0.25) is 14.4 Å². The number of halogens is 1. The largest absolute Gasteiger partial charge is 0.495 e. The van der Waals surface area contributed by atoms with E-state index in [1.165, 1.54) is 37.6 Å². The highest BCUT2D eigenvalue weighted by molar-refractivity contribution is 7.80. The van der Waals surface area contributed by atoms with Crippen molar-refractivity contribution >= 4 is 40.9 Å². The number of nitrogens with one attached hydrogen (secondary N) is 2. The van der Waals surface area contributed by atoms with Crippen molar-refractivity contribution in [1.29, 1.82) is 0 Å². The summed E-state index contributed by atoms with van der Waals surface area (Å²) in [6.45, 7) is 2.05. The lowest BCUT2D eigenvalue weighted by molar-refractivity contribution is -0.131. The highest BCUT2D eigenvalue weighted by Gasteiger charge is 2.53. The van der Waals surface area contributed by atoms with Crippen LogP contribution in [0.25, 0.3) is 0 Å². The molecule has 1 unspecified atom stereocenters. The van der Waals surface area contributed by atoms with Gasteiger partial charge in [0.25, 0.3) is 5.91 Å². The average molecular weight is 606 g/mol. The molecular weight excluding hydrogens is 573 g/mol. The van der Waals surface area contributed by atoms with Crippen molar-refractivity contribution in [3.05, 3.63) is 83.8 Å². The first-order valence-electron chi connectivity index (χ1n) is 14.0. The van der Waals surface area contributed by atoms with Gasteiger partial charge in [-0.25, -0.2) is 9.37 Å². The highest BCUT2D eigenvalue weighted by atomic mass is 32.1. The third kappa shape index (κ3) is 6.75. The SMILES string of the molecule is COc1ccc(NC(=O)CC2(c3ccc(F)cc3)C(=O)NC(=S)N2CCc2ccc(OCCN3CCCC3=O)cc2)nc1. The van der Waals surface area contributed by atoms with Crippen LogP contribution in [0.5, 0.6) is 11.5 Å². The van der Waals surface area contributed by atoms with Crippen molar-refractivity contribution < 1.29 is 28.2 Å². The van der Waals surface area contributed by atoms with Crippen LogP contribution < -0.4 is 20.1 Å². The van der Waals surface area contributed by atoms with E-state index in [4.69, 9.17) is 21.7 Å². The summed E-state index contributed by atoms with van der Waals surface area (Å²) < 4.78 is 24.8. The minimum Gasteiger partial charge on any atom is -0.495 e. The number of thiocarbonyl (C=S) groups is 1. The van der Waals surface area contributed by atoms with Crippen LogP contribution in [0.15, 0.2) is 66.9 Å². The molecule has 0 aliphatic carbocycles. The van der Waals surface area contributed by atoms with Gasteiger partial charge in [-0.15, -0.1) is 0 Å². The third-order valence-electron chi connectivity index (χ3n) is 7.63. The molecule has 2 fully saturated rings. The van der Waals surface area contributed by atoms with Crippen LogP contribution in [0.3, 0.4) is 0 Å². The van der Waals surface area contributed by atoms with Crippen LogP contribution in [0.1, 0.15) is 30.4 Å². The Balaban J connectivity index is 1.30. The number of benzene rings is 2. The van der Waals surface area contributed by atoms with E-state index in [2.05, 4.69) is 15.6 Å². The van der Waals surface area contributed by atoms with Crippen molar-refractivity contribution in [3.8, 4) is 11.5 Å². The van der Waals surface area contributed by atoms with Crippen molar-refractivity contribution in [2.75, 3.05) is 38.7 Å². The maximum atomic E-state index is 13.9. The molecule has 0 spiro atoms. The molecule has 0 bridgehead atoms. The van der Waals surface area contributed by atoms with Crippen molar-refractivity contribution in [2.24, 2.45) is 0 Å². The zero-order valence-electron chi connectivity index (χ0n) is 23.7. The Bertz CT molecular complexity index is 1490. The van der Waals surface area contributed by atoms with Crippen LogP contribution in [0.4, 0.5) is 10.2 Å². The summed E-state index contributed by atoms with van der Waals surface area (Å²) in [6.07, 6.45) is 3.18. The monoisotopic (exact) mass is 605 g/mol. The fraction of sp³-hybridized carbons (Fsp3) is 0.323. The lowest BCUT2D eigenvalue weighted by Crippen LogP contribution is -2.50. The molecule has 2 saturated heterocycles. The summed E-state index contributed by atoms with van der Waals surface area (Å²) in [4.78, 5) is 46.3. The Hall–Kier alpha value is -4.58. The van der Waals surface area contributed by atoms with Gasteiger partial charge < -0.3 is 29.9 Å². The molecule has 10 nitrogen and oxygen atoms in total. The van der Waals surface area contributed by atoms with E-state index >= 15 is 0 Å². The van der Waals surface area contributed by atoms with Gasteiger partial charge in [0.05, 0.1) is 26.3 Å². The predicted octanol–water partition coefficient (Wildman–Crippen LogP) is 3.41. The normalized spacial score (nSPS) is 18.1. The van der Waals surface area contributed by atoms with Crippen LogP contribution in [-0.2, 0) is 26.3 Å². The molecule has 2 aliphatic rings. The number of likely N-dealkylation sites (tertiary alicyclic amines) is 1. The molecule has 43 heavy (non-hydrogen) atoms. The van der Waals surface area contributed by atoms with Gasteiger partial charge in [-0.05, 0) is 72.6 Å². The quantitative estimate of drug-likeness (QED) is 0.302. The summed E-state index contributed by atoms with van der Waals surface area (Å²) in [7, 11) is 1.51. The second-order valence-electron chi connectivity index (χ2n) is 10.3. The molecule has 1 atom stereocenters. The zero-order valence-corrected chi connectivity index (χ0v) is 24.5. The fourth-order valence-corrected chi connectivity index (χ4v) is 5.69. The van der Waals surface area contributed by atoms with Crippen LogP contribution in [0.2, 0.25) is 0 Å². The highest BCUT2D eigenvalue weighted by Crippen LogP contribution is 2.37. The van der Waals surface area contributed by atoms with E-state index in [-0.39, 0.29) is 17.4 Å². The molecule has 3 amide bonds. The number of anilines is 1. The maximum absolute atomic E-state index is 13.9. The second kappa shape index (κ2) is 13.2. The van der Waals surface area contributed by atoms with Gasteiger partial charge in [0.15, 0.2) is 10.7 Å². The molecule has 0 radical (unpaired) electrons. The Morgan fingerprint density at radius 2 is 1.81 bits per heavy atom. The van der Waals surface area contributed by atoms with Crippen LogP contribution in [0, 0.1) is 5.82 Å². The second-order valence-corrected chi connectivity index (χ2v) is 10.7. The van der Waals surface area contributed by atoms with E-state index < -0.39 is 23.2 Å². The number of nitrogens with zero attached hydrogens (tertiary/aromatic N) is 3. The van der Waals surface area contributed by atoms with Crippen molar-refractivity contribution in [1.82, 2.24) is 20.1 Å². The summed E-state index contributed by atoms with van der Waals surface area (Å²) in [5, 5.41) is 5.63. The third-order valence-corrected chi connectivity index (χ3v) is 7.95. The van der Waals surface area contributed by atoms with Gasteiger partial charge >= 0.3 is 0 Å². The lowest BCUT2D eigenvalue weighted by Gasteiger charge is -2.36. The number of rotatable bonds is 12. The predicted molar refractivity (Wildman–Crippen MR) is 161 cm³/mol. The first kappa shape index (κ1) is 29.9. The smallest absolute Gasteiger partial charge is 0.257 e. The molecule has 2 aromatic carbocycles. The minimum absolute atomic E-state index is 0.165. The molecule has 224 valence electrons. The Morgan fingerprint density at radius 3 is 2.47 bits per heavy atom. The van der Waals surface area contributed by atoms with Gasteiger partial charge in [-0.1, -0.05) is 24.3 Å². The number of ether oxygens (including phenoxy) is 2. The van der Waals surface area contributed by atoms with Crippen LogP contribution >= 0.6 is 12.2 Å². The molecular formula is C31H32FN5O5S. The van der Waals surface area contributed by atoms with Crippen molar-refractivity contribution in [3.63, 3.8) is 0 Å². The zero-order chi connectivity index (χ0) is 30.4. The number of pyridine rings is 1. The van der Waals surface area contributed by atoms with Gasteiger partial charge in [0.1, 0.15) is 29.7 Å². The number of carbonyl (C=O) groups is 3. The van der Waals surface area contributed by atoms with Gasteiger partial charge in [0.2, 0.25) is 11.8 Å². The summed E-state index contributed by atoms with van der Waals surface area (Å²) in [5.41, 5.74) is -0.106. The summed E-state index contributed by atoms with van der Waals surface area (Å²) in [5.74, 6) is 0.276. The number of hydrogen-bond donors (Lipinski definition) is 2. The van der Waals surface area contributed by atoms with Gasteiger partial charge in [-0.2, -0.15) is 0 Å². The van der Waals surface area contributed by atoms with E-state index in [0.717, 1.165) is 18.5 Å². The summed E-state index contributed by atoms with van der Waals surface area (Å²) >= 11 is 5.55. The number of carbonyl (C=O) groups excluding carboxylic acids is 3. The van der Waals surface area contributed by atoms with Gasteiger partial charge in [0, 0.05) is 19.5 Å². The Morgan fingerprint density at radius 1 is 1.07 bits per heavy atom. The molecule has 3 heterocycles. The average Bonchev–Trinajstić information content (AvgIpc) is 3.52. The maximum Gasteiger partial charge on any atom is 0.257 e. The van der Waals surface area contributed by atoms with E-state index in [9.17, 15) is 18.8 Å². The fourth-order valence-electron chi connectivity index (χ4n) is 5.35. The van der Waals surface area contributed by atoms with E-state index in [0.29, 0.717) is 55.4 Å².